The summed E-state index contributed by atoms with van der Waals surface area (Å²) in [5, 5.41) is 14.3. The van der Waals surface area contributed by atoms with E-state index < -0.39 is 0 Å². The molecule has 124 valence electrons. The van der Waals surface area contributed by atoms with Gasteiger partial charge in [-0.2, -0.15) is 5.10 Å². The van der Waals surface area contributed by atoms with E-state index in [1.54, 1.807) is 0 Å². The standard InChI is InChI=1S/C19H32N2O/c1-18-9-7-13(22)11-12(18)3-4-14-15-5-6-17(21-20)19(15,2)10-8-16(14)18/h12-16,22H,3-11,20H2,1-2H3/b21-17-/t12-,13?,14-,15-,16-,18-,19-/m0/s1. The Labute approximate surface area is 134 Å². The predicted octanol–water partition coefficient (Wildman–Crippen LogP) is 3.70. The maximum atomic E-state index is 10.1. The van der Waals surface area contributed by atoms with Gasteiger partial charge in [-0.3, -0.25) is 0 Å². The fourth-order valence-electron chi connectivity index (χ4n) is 7.24. The molecule has 4 aliphatic rings. The molecule has 4 aliphatic carbocycles. The molecule has 0 aromatic heterocycles. The average Bonchev–Trinajstić information content (AvgIpc) is 2.84. The van der Waals surface area contributed by atoms with Crippen LogP contribution in [0.15, 0.2) is 5.10 Å². The summed E-state index contributed by atoms with van der Waals surface area (Å²) in [4.78, 5) is 0. The van der Waals surface area contributed by atoms with E-state index in [0.29, 0.717) is 5.41 Å². The molecule has 0 spiro atoms. The third-order valence-corrected chi connectivity index (χ3v) is 8.53. The quantitative estimate of drug-likeness (QED) is 0.529. The van der Waals surface area contributed by atoms with Gasteiger partial charge in [0, 0.05) is 11.1 Å². The van der Waals surface area contributed by atoms with Gasteiger partial charge in [-0.05, 0) is 86.9 Å². The summed E-state index contributed by atoms with van der Waals surface area (Å²) in [6.07, 6.45) is 11.0. The molecule has 3 N–H and O–H groups in total. The van der Waals surface area contributed by atoms with E-state index in [2.05, 4.69) is 18.9 Å². The number of aliphatic hydroxyl groups excluding tert-OH is 1. The van der Waals surface area contributed by atoms with Crippen LogP contribution in [0.3, 0.4) is 0 Å². The van der Waals surface area contributed by atoms with Crippen LogP contribution in [0.5, 0.6) is 0 Å². The van der Waals surface area contributed by atoms with Crippen molar-refractivity contribution in [3.05, 3.63) is 0 Å². The lowest BCUT2D eigenvalue weighted by atomic mass is 9.45. The lowest BCUT2D eigenvalue weighted by molar-refractivity contribution is -0.113. The highest BCUT2D eigenvalue weighted by Gasteiger charge is 2.59. The Kier molecular flexibility index (Phi) is 3.38. The van der Waals surface area contributed by atoms with Crippen LogP contribution in [0.2, 0.25) is 0 Å². The molecular formula is C19H32N2O. The number of aliphatic hydroxyl groups is 1. The lowest BCUT2D eigenvalue weighted by Crippen LogP contribution is -2.54. The Morgan fingerprint density at radius 1 is 1.05 bits per heavy atom. The molecule has 0 aromatic rings. The molecule has 0 saturated heterocycles. The highest BCUT2D eigenvalue weighted by molar-refractivity contribution is 5.92. The van der Waals surface area contributed by atoms with Gasteiger partial charge in [-0.15, -0.1) is 0 Å². The fourth-order valence-corrected chi connectivity index (χ4v) is 7.24. The molecule has 4 saturated carbocycles. The second-order valence-electron chi connectivity index (χ2n) is 9.16. The zero-order chi connectivity index (χ0) is 15.5. The summed E-state index contributed by atoms with van der Waals surface area (Å²) in [6, 6.07) is 0. The first kappa shape index (κ1) is 15.0. The number of hydrogen-bond acceptors (Lipinski definition) is 3. The van der Waals surface area contributed by atoms with Crippen molar-refractivity contribution in [1.29, 1.82) is 0 Å². The SMILES string of the molecule is C[C@]12CCC(O)C[C@@H]1CC[C@@H]1[C@@H]2CC[C@]2(C)/C(=N\N)CC[C@@H]12. The van der Waals surface area contributed by atoms with Gasteiger partial charge in [0.2, 0.25) is 0 Å². The zero-order valence-electron chi connectivity index (χ0n) is 14.2. The Balaban J connectivity index is 1.63. The maximum Gasteiger partial charge on any atom is 0.0543 e. The lowest BCUT2D eigenvalue weighted by Gasteiger charge is -2.60. The van der Waals surface area contributed by atoms with E-state index in [9.17, 15) is 5.11 Å². The molecule has 4 fully saturated rings. The molecule has 0 amide bonds. The van der Waals surface area contributed by atoms with Crippen molar-refractivity contribution in [2.24, 2.45) is 45.4 Å². The number of nitrogens with two attached hydrogens (primary N) is 1. The van der Waals surface area contributed by atoms with E-state index in [1.807, 2.05) is 0 Å². The number of nitrogens with zero attached hydrogens (tertiary/aromatic N) is 1. The first-order valence-electron chi connectivity index (χ1n) is 9.44. The number of hydrogen-bond donors (Lipinski definition) is 2. The van der Waals surface area contributed by atoms with Gasteiger partial charge >= 0.3 is 0 Å². The van der Waals surface area contributed by atoms with Crippen LogP contribution in [0.25, 0.3) is 0 Å². The van der Waals surface area contributed by atoms with Crippen molar-refractivity contribution in [3.63, 3.8) is 0 Å². The van der Waals surface area contributed by atoms with Crippen LogP contribution in [0, 0.1) is 34.5 Å². The number of hydrazone groups is 1. The van der Waals surface area contributed by atoms with Crippen molar-refractivity contribution in [1.82, 2.24) is 0 Å². The topological polar surface area (TPSA) is 58.6 Å². The van der Waals surface area contributed by atoms with Crippen LogP contribution in [-0.2, 0) is 0 Å². The van der Waals surface area contributed by atoms with Crippen molar-refractivity contribution in [3.8, 4) is 0 Å². The van der Waals surface area contributed by atoms with Gasteiger partial charge in [-0.1, -0.05) is 13.8 Å². The molecule has 1 unspecified atom stereocenters. The molecule has 0 heterocycles. The Bertz CT molecular complexity index is 490. The molecule has 0 aliphatic heterocycles. The second-order valence-corrected chi connectivity index (χ2v) is 9.16. The summed E-state index contributed by atoms with van der Waals surface area (Å²) in [7, 11) is 0. The van der Waals surface area contributed by atoms with E-state index in [-0.39, 0.29) is 11.5 Å². The Morgan fingerprint density at radius 2 is 1.86 bits per heavy atom. The molecule has 0 radical (unpaired) electrons. The minimum atomic E-state index is -0.0362. The summed E-state index contributed by atoms with van der Waals surface area (Å²) in [5.41, 5.74) is 2.06. The molecule has 4 rings (SSSR count). The summed E-state index contributed by atoms with van der Waals surface area (Å²) in [5.74, 6) is 9.00. The Morgan fingerprint density at radius 3 is 2.64 bits per heavy atom. The zero-order valence-corrected chi connectivity index (χ0v) is 14.2. The molecule has 0 aromatic carbocycles. The van der Waals surface area contributed by atoms with E-state index in [0.717, 1.165) is 42.9 Å². The highest BCUT2D eigenvalue weighted by atomic mass is 16.3. The largest absolute Gasteiger partial charge is 0.393 e. The Hall–Kier alpha value is -0.570. The second kappa shape index (κ2) is 4.96. The third-order valence-electron chi connectivity index (χ3n) is 8.53. The predicted molar refractivity (Wildman–Crippen MR) is 89.4 cm³/mol. The first-order chi connectivity index (χ1) is 10.5. The molecule has 3 nitrogen and oxygen atoms in total. The van der Waals surface area contributed by atoms with E-state index in [1.165, 1.54) is 44.2 Å². The minimum absolute atomic E-state index is 0.0362. The van der Waals surface area contributed by atoms with Crippen LogP contribution in [0.1, 0.15) is 71.6 Å². The third kappa shape index (κ3) is 1.87. The maximum absolute atomic E-state index is 10.1. The molecule has 3 heteroatoms. The van der Waals surface area contributed by atoms with Gasteiger partial charge < -0.3 is 10.9 Å². The van der Waals surface area contributed by atoms with Gasteiger partial charge in [0.25, 0.3) is 0 Å². The average molecular weight is 304 g/mol. The van der Waals surface area contributed by atoms with Gasteiger partial charge in [0.05, 0.1) is 6.10 Å². The first-order valence-corrected chi connectivity index (χ1v) is 9.44. The van der Waals surface area contributed by atoms with Gasteiger partial charge in [0.15, 0.2) is 0 Å². The van der Waals surface area contributed by atoms with Crippen molar-refractivity contribution >= 4 is 5.71 Å². The van der Waals surface area contributed by atoms with Crippen LogP contribution < -0.4 is 5.84 Å². The van der Waals surface area contributed by atoms with Gasteiger partial charge in [0.1, 0.15) is 0 Å². The summed E-state index contributed by atoms with van der Waals surface area (Å²) >= 11 is 0. The van der Waals surface area contributed by atoms with Crippen molar-refractivity contribution < 1.29 is 5.11 Å². The van der Waals surface area contributed by atoms with Crippen molar-refractivity contribution in [2.75, 3.05) is 0 Å². The van der Waals surface area contributed by atoms with E-state index >= 15 is 0 Å². The molecule has 0 bridgehead atoms. The van der Waals surface area contributed by atoms with Crippen molar-refractivity contribution in [2.45, 2.75) is 77.7 Å². The summed E-state index contributed by atoms with van der Waals surface area (Å²) in [6.45, 7) is 4.99. The number of rotatable bonds is 0. The highest BCUT2D eigenvalue weighted by Crippen LogP contribution is 2.65. The molecule has 22 heavy (non-hydrogen) atoms. The monoisotopic (exact) mass is 304 g/mol. The van der Waals surface area contributed by atoms with Gasteiger partial charge in [-0.25, -0.2) is 0 Å². The van der Waals surface area contributed by atoms with Crippen LogP contribution in [-0.4, -0.2) is 16.9 Å². The summed E-state index contributed by atoms with van der Waals surface area (Å²) < 4.78 is 0. The fraction of sp³-hybridized carbons (Fsp3) is 0.947. The van der Waals surface area contributed by atoms with E-state index in [4.69, 9.17) is 5.84 Å². The molecule has 7 atom stereocenters. The number of fused-ring (bicyclic) bond motifs is 5. The smallest absolute Gasteiger partial charge is 0.0543 e. The normalized spacial score (nSPS) is 56.3. The minimum Gasteiger partial charge on any atom is -0.393 e. The molecular weight excluding hydrogens is 272 g/mol. The van der Waals surface area contributed by atoms with Crippen LogP contribution in [0.4, 0.5) is 0 Å². The van der Waals surface area contributed by atoms with Crippen LogP contribution >= 0.6 is 0 Å².